The molecule has 0 saturated heterocycles. The van der Waals surface area contributed by atoms with Gasteiger partial charge in [0, 0.05) is 6.54 Å². The lowest BCUT2D eigenvalue weighted by Gasteiger charge is -2.31. The van der Waals surface area contributed by atoms with Gasteiger partial charge in [0.1, 0.15) is 0 Å². The first-order valence-electron chi connectivity index (χ1n) is 5.44. The van der Waals surface area contributed by atoms with Crippen molar-refractivity contribution >= 4 is 17.3 Å². The SMILES string of the molecule is CCc1cccc2c1N(CC)C(=O)CN2. The smallest absolute Gasteiger partial charge is 0.246 e. The second-order valence-electron chi connectivity index (χ2n) is 3.66. The van der Waals surface area contributed by atoms with Gasteiger partial charge in [-0.15, -0.1) is 0 Å². The molecule has 1 aliphatic heterocycles. The lowest BCUT2D eigenvalue weighted by atomic mass is 10.1. The molecule has 1 amide bonds. The first-order valence-corrected chi connectivity index (χ1v) is 5.44. The lowest BCUT2D eigenvalue weighted by molar-refractivity contribution is -0.117. The summed E-state index contributed by atoms with van der Waals surface area (Å²) in [5, 5.41) is 3.16. The van der Waals surface area contributed by atoms with Crippen molar-refractivity contribution in [2.75, 3.05) is 23.3 Å². The highest BCUT2D eigenvalue weighted by Gasteiger charge is 2.24. The average molecular weight is 204 g/mol. The van der Waals surface area contributed by atoms with Crippen LogP contribution >= 0.6 is 0 Å². The predicted molar refractivity (Wildman–Crippen MR) is 62.3 cm³/mol. The third-order valence-corrected chi connectivity index (χ3v) is 2.82. The summed E-state index contributed by atoms with van der Waals surface area (Å²) >= 11 is 0. The van der Waals surface area contributed by atoms with Crippen molar-refractivity contribution in [3.63, 3.8) is 0 Å². The van der Waals surface area contributed by atoms with Gasteiger partial charge >= 0.3 is 0 Å². The van der Waals surface area contributed by atoms with Crippen molar-refractivity contribution in [3.8, 4) is 0 Å². The normalized spacial score (nSPS) is 14.8. The average Bonchev–Trinajstić information content (AvgIpc) is 2.28. The minimum Gasteiger partial charge on any atom is -0.374 e. The zero-order chi connectivity index (χ0) is 10.8. The van der Waals surface area contributed by atoms with E-state index >= 15 is 0 Å². The minimum atomic E-state index is 0.158. The fourth-order valence-electron chi connectivity index (χ4n) is 2.06. The van der Waals surface area contributed by atoms with E-state index in [4.69, 9.17) is 0 Å². The molecule has 0 unspecified atom stereocenters. The van der Waals surface area contributed by atoms with Gasteiger partial charge in [0.15, 0.2) is 0 Å². The van der Waals surface area contributed by atoms with Crippen LogP contribution in [0.1, 0.15) is 19.4 Å². The Balaban J connectivity index is 2.54. The number of nitrogens with zero attached hydrogens (tertiary/aromatic N) is 1. The number of carbonyl (C=O) groups is 1. The summed E-state index contributed by atoms with van der Waals surface area (Å²) in [6.07, 6.45) is 0.953. The Bertz CT molecular complexity index is 373. The van der Waals surface area contributed by atoms with E-state index in [2.05, 4.69) is 18.3 Å². The Morgan fingerprint density at radius 2 is 2.20 bits per heavy atom. The van der Waals surface area contributed by atoms with E-state index in [9.17, 15) is 4.79 Å². The number of para-hydroxylation sites is 1. The topological polar surface area (TPSA) is 32.3 Å². The quantitative estimate of drug-likeness (QED) is 0.799. The summed E-state index contributed by atoms with van der Waals surface area (Å²) in [4.78, 5) is 13.6. The molecule has 0 spiro atoms. The molecule has 1 heterocycles. The lowest BCUT2D eigenvalue weighted by Crippen LogP contribution is -2.40. The van der Waals surface area contributed by atoms with E-state index in [1.54, 1.807) is 0 Å². The maximum Gasteiger partial charge on any atom is 0.246 e. The molecule has 1 aromatic rings. The van der Waals surface area contributed by atoms with E-state index in [0.29, 0.717) is 6.54 Å². The zero-order valence-corrected chi connectivity index (χ0v) is 9.21. The van der Waals surface area contributed by atoms with Crippen LogP contribution in [0.2, 0.25) is 0 Å². The van der Waals surface area contributed by atoms with Crippen molar-refractivity contribution in [2.45, 2.75) is 20.3 Å². The Kier molecular flexibility index (Phi) is 2.62. The van der Waals surface area contributed by atoms with E-state index in [-0.39, 0.29) is 5.91 Å². The largest absolute Gasteiger partial charge is 0.374 e. The molecule has 80 valence electrons. The highest BCUT2D eigenvalue weighted by atomic mass is 16.2. The van der Waals surface area contributed by atoms with Crippen LogP contribution in [0, 0.1) is 0 Å². The standard InChI is InChI=1S/C12H16N2O/c1-3-9-6-5-7-10-12(9)14(4-2)11(15)8-13-10/h5-7,13H,3-4,8H2,1-2H3. The van der Waals surface area contributed by atoms with Gasteiger partial charge in [0.2, 0.25) is 5.91 Å². The molecule has 0 fully saturated rings. The summed E-state index contributed by atoms with van der Waals surface area (Å²) in [5.41, 5.74) is 3.38. The molecule has 0 saturated carbocycles. The molecule has 0 radical (unpaired) electrons. The van der Waals surface area contributed by atoms with Crippen molar-refractivity contribution in [2.24, 2.45) is 0 Å². The number of anilines is 2. The molecule has 1 aliphatic rings. The highest BCUT2D eigenvalue weighted by Crippen LogP contribution is 2.33. The molecule has 0 aromatic heterocycles. The van der Waals surface area contributed by atoms with Crippen LogP contribution in [0.25, 0.3) is 0 Å². The van der Waals surface area contributed by atoms with Crippen LogP contribution in [-0.4, -0.2) is 19.0 Å². The molecule has 0 atom stereocenters. The molecule has 3 nitrogen and oxygen atoms in total. The second-order valence-corrected chi connectivity index (χ2v) is 3.66. The summed E-state index contributed by atoms with van der Waals surface area (Å²) in [7, 11) is 0. The number of likely N-dealkylation sites (N-methyl/N-ethyl adjacent to an activating group) is 1. The number of rotatable bonds is 2. The number of nitrogens with one attached hydrogen (secondary N) is 1. The van der Waals surface area contributed by atoms with E-state index < -0.39 is 0 Å². The van der Waals surface area contributed by atoms with Crippen molar-refractivity contribution in [1.82, 2.24) is 0 Å². The van der Waals surface area contributed by atoms with Gasteiger partial charge in [-0.25, -0.2) is 0 Å². The molecular formula is C12H16N2O. The van der Waals surface area contributed by atoms with Gasteiger partial charge in [-0.05, 0) is 25.0 Å². The summed E-state index contributed by atoms with van der Waals surface area (Å²) < 4.78 is 0. The molecule has 1 N–H and O–H groups in total. The minimum absolute atomic E-state index is 0.158. The Labute approximate surface area is 90.1 Å². The van der Waals surface area contributed by atoms with Gasteiger partial charge < -0.3 is 10.2 Å². The molecule has 2 rings (SSSR count). The Morgan fingerprint density at radius 1 is 1.40 bits per heavy atom. The fourth-order valence-corrected chi connectivity index (χ4v) is 2.06. The van der Waals surface area contributed by atoms with Gasteiger partial charge in [-0.2, -0.15) is 0 Å². The predicted octanol–water partition coefficient (Wildman–Crippen LogP) is 2.03. The van der Waals surface area contributed by atoms with Crippen LogP contribution in [0.15, 0.2) is 18.2 Å². The van der Waals surface area contributed by atoms with Crippen molar-refractivity contribution in [3.05, 3.63) is 23.8 Å². The van der Waals surface area contributed by atoms with E-state index in [1.165, 1.54) is 5.56 Å². The Hall–Kier alpha value is -1.51. The number of amides is 1. The third kappa shape index (κ3) is 1.58. The molecule has 15 heavy (non-hydrogen) atoms. The van der Waals surface area contributed by atoms with Gasteiger partial charge in [-0.1, -0.05) is 19.1 Å². The van der Waals surface area contributed by atoms with Crippen molar-refractivity contribution in [1.29, 1.82) is 0 Å². The van der Waals surface area contributed by atoms with Crippen molar-refractivity contribution < 1.29 is 4.79 Å². The molecular weight excluding hydrogens is 188 g/mol. The first kappa shape index (κ1) is 10.0. The molecule has 3 heteroatoms. The van der Waals surface area contributed by atoms with E-state index in [0.717, 1.165) is 24.3 Å². The maximum atomic E-state index is 11.7. The monoisotopic (exact) mass is 204 g/mol. The first-order chi connectivity index (χ1) is 7.27. The van der Waals surface area contributed by atoms with E-state index in [1.807, 2.05) is 24.0 Å². The van der Waals surface area contributed by atoms with Gasteiger partial charge in [0.05, 0.1) is 17.9 Å². The number of hydrogen-bond donors (Lipinski definition) is 1. The highest BCUT2D eigenvalue weighted by molar-refractivity contribution is 6.03. The number of carbonyl (C=O) groups excluding carboxylic acids is 1. The van der Waals surface area contributed by atoms with Crippen LogP contribution in [0.5, 0.6) is 0 Å². The number of hydrogen-bond acceptors (Lipinski definition) is 2. The molecule has 1 aromatic carbocycles. The number of aryl methyl sites for hydroxylation is 1. The Morgan fingerprint density at radius 3 is 2.87 bits per heavy atom. The molecule has 0 bridgehead atoms. The van der Waals surface area contributed by atoms with Crippen LogP contribution in [0.4, 0.5) is 11.4 Å². The summed E-state index contributed by atoms with van der Waals surface area (Å²) in [5.74, 6) is 0.158. The number of fused-ring (bicyclic) bond motifs is 1. The second kappa shape index (κ2) is 3.93. The maximum absolute atomic E-state index is 11.7. The number of benzene rings is 1. The van der Waals surface area contributed by atoms with Gasteiger partial charge in [-0.3, -0.25) is 4.79 Å². The fraction of sp³-hybridized carbons (Fsp3) is 0.417. The van der Waals surface area contributed by atoms with Crippen LogP contribution in [-0.2, 0) is 11.2 Å². The zero-order valence-electron chi connectivity index (χ0n) is 9.21. The van der Waals surface area contributed by atoms with Crippen LogP contribution in [0.3, 0.4) is 0 Å². The third-order valence-electron chi connectivity index (χ3n) is 2.82. The molecule has 0 aliphatic carbocycles. The van der Waals surface area contributed by atoms with Gasteiger partial charge in [0.25, 0.3) is 0 Å². The summed E-state index contributed by atoms with van der Waals surface area (Å²) in [6.45, 7) is 5.28. The van der Waals surface area contributed by atoms with Crippen LogP contribution < -0.4 is 10.2 Å². The summed E-state index contributed by atoms with van der Waals surface area (Å²) in [6, 6.07) is 6.15.